The molecule has 0 aromatic rings. The fraction of sp³-hybridized carbons (Fsp3) is 0.957. The Morgan fingerprint density at radius 3 is 2.03 bits per heavy atom. The van der Waals surface area contributed by atoms with Gasteiger partial charge >= 0.3 is 11.9 Å². The number of aliphatic hydroxyl groups excluding tert-OH is 8. The third-order valence-corrected chi connectivity index (χ3v) is 19.8. The molecule has 4 saturated heterocycles. The molecule has 9 aliphatic rings. The van der Waals surface area contributed by atoms with Crippen LogP contribution in [0.4, 0.5) is 0 Å². The van der Waals surface area contributed by atoms with Crippen LogP contribution in [0.25, 0.3) is 0 Å². The first-order valence-corrected chi connectivity index (χ1v) is 24.2. The molecule has 4 heterocycles. The van der Waals surface area contributed by atoms with Gasteiger partial charge in [0.15, 0.2) is 25.0 Å². The van der Waals surface area contributed by atoms with Crippen molar-refractivity contribution in [3.8, 4) is 0 Å². The molecule has 0 aromatic heterocycles. The maximum absolute atomic E-state index is 13.6. The largest absolute Gasteiger partial charge is 0.479 e. The van der Waals surface area contributed by atoms with Crippen LogP contribution in [0.2, 0.25) is 0 Å². The van der Waals surface area contributed by atoms with Gasteiger partial charge in [0.25, 0.3) is 0 Å². The van der Waals surface area contributed by atoms with Crippen molar-refractivity contribution < 1.29 is 93.8 Å². The smallest absolute Gasteiger partial charge is 0.335 e. The van der Waals surface area contributed by atoms with E-state index in [4.69, 9.17) is 33.2 Å². The zero-order chi connectivity index (χ0) is 48.0. The van der Waals surface area contributed by atoms with E-state index < -0.39 is 128 Å². The van der Waals surface area contributed by atoms with Crippen LogP contribution >= 0.6 is 0 Å². The molecule has 0 amide bonds. The summed E-state index contributed by atoms with van der Waals surface area (Å²) in [6, 6.07) is 0. The molecule has 25 atom stereocenters. The number of carbonyl (C=O) groups excluding carboxylic acids is 1. The first-order valence-electron chi connectivity index (χ1n) is 24.2. The fourth-order valence-corrected chi connectivity index (χ4v) is 16.4. The molecule has 9 fully saturated rings. The second-order valence-electron chi connectivity index (χ2n) is 23.6. The van der Waals surface area contributed by atoms with Gasteiger partial charge in [0, 0.05) is 12.3 Å². The summed E-state index contributed by atoms with van der Waals surface area (Å²) in [6.45, 7) is 14.0. The van der Waals surface area contributed by atoms with Crippen molar-refractivity contribution >= 4 is 11.9 Å². The van der Waals surface area contributed by atoms with Crippen molar-refractivity contribution in [2.75, 3.05) is 13.2 Å². The summed E-state index contributed by atoms with van der Waals surface area (Å²) >= 11 is 0. The van der Waals surface area contributed by atoms with Crippen LogP contribution in [-0.2, 0) is 42.7 Å². The van der Waals surface area contributed by atoms with Gasteiger partial charge < -0.3 is 84.2 Å². The Bertz CT molecular complexity index is 1840. The van der Waals surface area contributed by atoms with E-state index in [1.807, 2.05) is 13.8 Å². The first kappa shape index (κ1) is 49.3. The maximum Gasteiger partial charge on any atom is 0.335 e. The van der Waals surface area contributed by atoms with Crippen molar-refractivity contribution in [1.29, 1.82) is 0 Å². The van der Waals surface area contributed by atoms with Crippen molar-refractivity contribution in [1.82, 2.24) is 0 Å². The minimum atomic E-state index is -2.03. The lowest BCUT2D eigenvalue weighted by atomic mass is 9.32. The van der Waals surface area contributed by atoms with Gasteiger partial charge in [0.2, 0.25) is 0 Å². The standard InChI is InChI=1S/C47H74O19/c1-42(2)23-10-13-46(7)24(9-8-19-26-27(43(3,4)59)21-16-47(26,41(58)62-21)15-14-45(19,46)6)44(23,5)12-11-25(42)63-40-36(32(54)31(53)34(64-40)37(56)57)66-39-35(30(52)29(51)22(17-48)61-39)65-38-33(55)28(50)20(49)18-60-38/h19-36,38-40,48-55,59H,8-18H2,1-7H3,(H,56,57)/t19-,20-,21+,22-,23+,24-,25+,26-,27-,28+,29-,30+,31+,32+,33-,34+,35-,36-,38+,39+,40-,44-,45-,46-,47-/m1/s1. The minimum absolute atomic E-state index is 0.0401. The quantitative estimate of drug-likeness (QED) is 0.107. The van der Waals surface area contributed by atoms with E-state index in [0.29, 0.717) is 18.8 Å². The van der Waals surface area contributed by atoms with Gasteiger partial charge in [-0.05, 0) is 111 Å². The number of fused-ring (bicyclic) bond motifs is 7. The molecule has 10 N–H and O–H groups in total. The molecule has 19 nitrogen and oxygen atoms in total. The van der Waals surface area contributed by atoms with Gasteiger partial charge in [-0.15, -0.1) is 0 Å². The van der Waals surface area contributed by atoms with Crippen LogP contribution < -0.4 is 0 Å². The number of aliphatic hydroxyl groups is 9. The SMILES string of the molecule is CC(C)(O)[C@H]1[C@H]2[C@H]3CC[C@@H]4[C@]5(C)CC[C@H](O[C@@H]6O[C@H](C(=O)O)[C@@H](O)[C@H](O)[C@H]6O[C@@H]6O[C@H](CO)[C@@H](O)[C@H](O)[C@H]6O[C@@H]6OC[C@@H](O)[C@H](O)[C@H]6O)C(C)(C)[C@@H]5CC[C@@]4(C)[C@]3(C)CC[C@@]23C[C@@H]1OC3=O. The van der Waals surface area contributed by atoms with E-state index in [9.17, 15) is 60.7 Å². The van der Waals surface area contributed by atoms with Crippen LogP contribution in [0, 0.1) is 56.7 Å². The average Bonchev–Trinajstić information content (AvgIpc) is 3.76. The molecule has 0 aromatic carbocycles. The normalized spacial score (nSPS) is 55.5. The summed E-state index contributed by atoms with van der Waals surface area (Å²) in [6.07, 6.45) is -18.2. The highest BCUT2D eigenvalue weighted by molar-refractivity contribution is 5.81. The van der Waals surface area contributed by atoms with Crippen molar-refractivity contribution in [2.45, 2.75) is 210 Å². The number of hydrogen-bond donors (Lipinski definition) is 10. The van der Waals surface area contributed by atoms with Crippen LogP contribution in [0.1, 0.15) is 106 Å². The van der Waals surface area contributed by atoms with E-state index >= 15 is 0 Å². The van der Waals surface area contributed by atoms with Crippen LogP contribution in [-0.4, -0.2) is 180 Å². The zero-order valence-corrected chi connectivity index (χ0v) is 39.0. The number of carboxylic acids is 1. The molecule has 19 heteroatoms. The second-order valence-corrected chi connectivity index (χ2v) is 23.6. The average molecular weight is 943 g/mol. The van der Waals surface area contributed by atoms with Gasteiger partial charge in [-0.3, -0.25) is 4.79 Å². The Labute approximate surface area is 385 Å². The molecule has 2 bridgehead atoms. The number of hydrogen-bond acceptors (Lipinski definition) is 18. The number of ether oxygens (including phenoxy) is 7. The van der Waals surface area contributed by atoms with E-state index in [-0.39, 0.29) is 52.0 Å². The molecule has 9 rings (SSSR count). The second kappa shape index (κ2) is 16.7. The Kier molecular flexibility index (Phi) is 12.5. The van der Waals surface area contributed by atoms with Gasteiger partial charge in [0.05, 0.1) is 30.3 Å². The van der Waals surface area contributed by atoms with E-state index in [1.54, 1.807) is 0 Å². The van der Waals surface area contributed by atoms with E-state index in [2.05, 4.69) is 34.6 Å². The van der Waals surface area contributed by atoms with E-state index in [0.717, 1.165) is 44.9 Å². The Balaban J connectivity index is 0.971. The monoisotopic (exact) mass is 942 g/mol. The summed E-state index contributed by atoms with van der Waals surface area (Å²) in [5, 5.41) is 108. The number of carbonyl (C=O) groups is 2. The fourth-order valence-electron chi connectivity index (χ4n) is 16.4. The molecule has 376 valence electrons. The molecule has 0 radical (unpaired) electrons. The Hall–Kier alpha value is -1.66. The third kappa shape index (κ3) is 7.13. The number of carboxylic acid groups (broad SMARTS) is 1. The lowest BCUT2D eigenvalue weighted by Gasteiger charge is -2.73. The Morgan fingerprint density at radius 2 is 1.38 bits per heavy atom. The summed E-state index contributed by atoms with van der Waals surface area (Å²) < 4.78 is 42.0. The first-order chi connectivity index (χ1) is 30.8. The lowest BCUT2D eigenvalue weighted by Crippen LogP contribution is -2.69. The minimum Gasteiger partial charge on any atom is -0.479 e. The van der Waals surface area contributed by atoms with Gasteiger partial charge in [-0.25, -0.2) is 4.79 Å². The predicted octanol–water partition coefficient (Wildman–Crippen LogP) is -0.0610. The molecule has 1 spiro atoms. The Morgan fingerprint density at radius 1 is 0.727 bits per heavy atom. The number of aliphatic carboxylic acids is 1. The van der Waals surface area contributed by atoms with Crippen molar-refractivity contribution in [3.05, 3.63) is 0 Å². The molecule has 66 heavy (non-hydrogen) atoms. The zero-order valence-electron chi connectivity index (χ0n) is 39.0. The molecule has 5 saturated carbocycles. The van der Waals surface area contributed by atoms with Gasteiger partial charge in [-0.1, -0.05) is 34.6 Å². The maximum atomic E-state index is 13.6. The molecular formula is C47H74O19. The van der Waals surface area contributed by atoms with Crippen LogP contribution in [0.3, 0.4) is 0 Å². The van der Waals surface area contributed by atoms with Crippen LogP contribution in [0.15, 0.2) is 0 Å². The molecule has 5 aliphatic carbocycles. The molecule has 0 unspecified atom stereocenters. The molecule has 4 aliphatic heterocycles. The summed E-state index contributed by atoms with van der Waals surface area (Å²) in [5.74, 6) is -1.07. The number of esters is 1. The van der Waals surface area contributed by atoms with Crippen LogP contribution in [0.5, 0.6) is 0 Å². The highest BCUT2D eigenvalue weighted by atomic mass is 16.8. The summed E-state index contributed by atoms with van der Waals surface area (Å²) in [7, 11) is 0. The van der Waals surface area contributed by atoms with Gasteiger partial charge in [-0.2, -0.15) is 0 Å². The third-order valence-electron chi connectivity index (χ3n) is 19.8. The topological polar surface area (TPSA) is 301 Å². The van der Waals surface area contributed by atoms with Crippen molar-refractivity contribution in [3.63, 3.8) is 0 Å². The lowest BCUT2D eigenvalue weighted by molar-refractivity contribution is -0.392. The summed E-state index contributed by atoms with van der Waals surface area (Å²) in [4.78, 5) is 26.1. The van der Waals surface area contributed by atoms with Crippen molar-refractivity contribution in [2.24, 2.45) is 56.7 Å². The number of rotatable bonds is 9. The predicted molar refractivity (Wildman–Crippen MR) is 224 cm³/mol. The highest BCUT2D eigenvalue weighted by Crippen LogP contribution is 2.79. The van der Waals surface area contributed by atoms with E-state index in [1.165, 1.54) is 0 Å². The van der Waals surface area contributed by atoms with Gasteiger partial charge in [0.1, 0.15) is 67.1 Å². The highest BCUT2D eigenvalue weighted by Gasteiger charge is 2.77. The summed E-state index contributed by atoms with van der Waals surface area (Å²) in [5.41, 5.74) is -2.45. The molecular weight excluding hydrogens is 868 g/mol.